The SMILES string of the molecule is CC(c1ccncc1NC(N)=O)C1(C(C)c2ccncc2NC(N)=O)NC(=O)N(c2ccc(OC(F)(F)F)cc2)C1=O. The second-order valence-corrected chi connectivity index (χ2v) is 9.33. The Balaban J connectivity index is 1.86. The molecule has 0 saturated carbocycles. The molecule has 0 radical (unpaired) electrons. The Labute approximate surface area is 236 Å². The Morgan fingerprint density at radius 3 is 1.81 bits per heavy atom. The minimum absolute atomic E-state index is 0.0382. The van der Waals surface area contributed by atoms with Crippen LogP contribution in [0.5, 0.6) is 5.75 Å². The monoisotopic (exact) mass is 586 g/mol. The summed E-state index contributed by atoms with van der Waals surface area (Å²) in [5, 5.41) is 7.68. The standard InChI is InChI=1S/C26H25F3N8O5/c1-13(17-7-9-32-11-19(17)34-22(30)39)25(14(2)18-8-10-33-12-20(18)35-23(31)40)21(38)37(24(41)36-25)15-3-5-16(6-4-15)42-26(27,28)29/h3-14H,1-2H3,(H,36,41)(H3,30,34,39)(H3,31,35,40). The number of nitrogens with two attached hydrogens (primary N) is 2. The summed E-state index contributed by atoms with van der Waals surface area (Å²) in [6, 6.07) is 4.58. The van der Waals surface area contributed by atoms with E-state index in [1.807, 2.05) is 0 Å². The molecule has 220 valence electrons. The number of primary amides is 2. The number of carbonyl (C=O) groups is 4. The minimum atomic E-state index is -4.94. The maximum Gasteiger partial charge on any atom is 0.573 e. The van der Waals surface area contributed by atoms with Gasteiger partial charge in [-0.3, -0.25) is 14.8 Å². The number of hydrogen-bond acceptors (Lipinski definition) is 7. The van der Waals surface area contributed by atoms with Crippen LogP contribution in [-0.4, -0.2) is 45.9 Å². The molecular weight excluding hydrogens is 561 g/mol. The molecule has 16 heteroatoms. The van der Waals surface area contributed by atoms with Crippen molar-refractivity contribution in [3.8, 4) is 5.75 Å². The van der Waals surface area contributed by atoms with Crippen LogP contribution in [0.4, 0.5) is 44.6 Å². The number of alkyl halides is 3. The van der Waals surface area contributed by atoms with Gasteiger partial charge >= 0.3 is 24.5 Å². The third kappa shape index (κ3) is 5.72. The highest BCUT2D eigenvalue weighted by Crippen LogP contribution is 2.47. The molecule has 0 aliphatic carbocycles. The fraction of sp³-hybridized carbons (Fsp3) is 0.231. The van der Waals surface area contributed by atoms with E-state index < -0.39 is 53.5 Å². The Kier molecular flexibility index (Phi) is 7.90. The number of urea groups is 3. The van der Waals surface area contributed by atoms with Crippen LogP contribution in [0.3, 0.4) is 0 Å². The van der Waals surface area contributed by atoms with Crippen LogP contribution in [-0.2, 0) is 4.79 Å². The molecule has 4 rings (SSSR count). The van der Waals surface area contributed by atoms with Crippen LogP contribution in [0.15, 0.2) is 61.2 Å². The van der Waals surface area contributed by atoms with Crippen LogP contribution in [0.25, 0.3) is 0 Å². The molecule has 1 aromatic carbocycles. The minimum Gasteiger partial charge on any atom is -0.406 e. The Morgan fingerprint density at radius 2 is 1.38 bits per heavy atom. The first-order valence-electron chi connectivity index (χ1n) is 12.3. The second-order valence-electron chi connectivity index (χ2n) is 9.33. The van der Waals surface area contributed by atoms with E-state index >= 15 is 0 Å². The van der Waals surface area contributed by atoms with Gasteiger partial charge in [0.05, 0.1) is 29.5 Å². The first-order chi connectivity index (χ1) is 19.7. The van der Waals surface area contributed by atoms with E-state index in [2.05, 4.69) is 30.7 Å². The average molecular weight is 587 g/mol. The molecule has 3 heterocycles. The van der Waals surface area contributed by atoms with E-state index in [0.29, 0.717) is 11.1 Å². The summed E-state index contributed by atoms with van der Waals surface area (Å²) in [6.07, 6.45) is 0.535. The molecule has 1 aliphatic heterocycles. The molecule has 2 atom stereocenters. The molecule has 7 amide bonds. The lowest BCUT2D eigenvalue weighted by Gasteiger charge is -2.39. The summed E-state index contributed by atoms with van der Waals surface area (Å²) in [5.74, 6) is -3.13. The van der Waals surface area contributed by atoms with Crippen molar-refractivity contribution in [2.45, 2.75) is 37.6 Å². The van der Waals surface area contributed by atoms with E-state index in [1.165, 1.54) is 36.9 Å². The van der Waals surface area contributed by atoms with Crippen molar-refractivity contribution in [1.29, 1.82) is 0 Å². The van der Waals surface area contributed by atoms with E-state index in [9.17, 15) is 32.3 Å². The van der Waals surface area contributed by atoms with Gasteiger partial charge in [-0.05, 0) is 47.5 Å². The summed E-state index contributed by atoms with van der Waals surface area (Å²) < 4.78 is 41.9. The van der Waals surface area contributed by atoms with Crippen molar-refractivity contribution >= 4 is 41.1 Å². The molecule has 0 bridgehead atoms. The van der Waals surface area contributed by atoms with Crippen molar-refractivity contribution in [3.05, 3.63) is 72.3 Å². The molecule has 0 spiro atoms. The highest BCUT2D eigenvalue weighted by molar-refractivity contribution is 6.24. The molecule has 2 unspecified atom stereocenters. The Morgan fingerprint density at radius 1 is 0.905 bits per heavy atom. The van der Waals surface area contributed by atoms with Crippen molar-refractivity contribution < 1.29 is 37.1 Å². The van der Waals surface area contributed by atoms with Crippen LogP contribution in [0.1, 0.15) is 36.8 Å². The lowest BCUT2D eigenvalue weighted by Crippen LogP contribution is -2.55. The highest BCUT2D eigenvalue weighted by atomic mass is 19.4. The van der Waals surface area contributed by atoms with Gasteiger partial charge in [0.15, 0.2) is 0 Å². The number of aromatic nitrogens is 2. The van der Waals surface area contributed by atoms with E-state index in [4.69, 9.17) is 11.5 Å². The first kappa shape index (κ1) is 29.6. The number of ether oxygens (including phenoxy) is 1. The molecule has 7 N–H and O–H groups in total. The van der Waals surface area contributed by atoms with Crippen molar-refractivity contribution in [2.75, 3.05) is 15.5 Å². The number of pyridine rings is 2. The lowest BCUT2D eigenvalue weighted by molar-refractivity contribution is -0.274. The molecular formula is C26H25F3N8O5. The molecule has 42 heavy (non-hydrogen) atoms. The zero-order valence-corrected chi connectivity index (χ0v) is 22.1. The fourth-order valence-electron chi connectivity index (χ4n) is 5.09. The quantitative estimate of drug-likeness (QED) is 0.248. The van der Waals surface area contributed by atoms with Gasteiger partial charge in [-0.25, -0.2) is 19.3 Å². The predicted molar refractivity (Wildman–Crippen MR) is 144 cm³/mol. The number of rotatable bonds is 8. The van der Waals surface area contributed by atoms with Gasteiger partial charge in [0.25, 0.3) is 5.91 Å². The maximum absolute atomic E-state index is 14.4. The average Bonchev–Trinajstić information content (AvgIpc) is 3.18. The van der Waals surface area contributed by atoms with Gasteiger partial charge in [-0.2, -0.15) is 0 Å². The Hall–Kier alpha value is -5.41. The lowest BCUT2D eigenvalue weighted by atomic mass is 9.69. The number of nitrogens with zero attached hydrogens (tertiary/aromatic N) is 3. The smallest absolute Gasteiger partial charge is 0.406 e. The molecule has 2 aromatic heterocycles. The van der Waals surface area contributed by atoms with Crippen LogP contribution in [0.2, 0.25) is 0 Å². The highest BCUT2D eigenvalue weighted by Gasteiger charge is 2.59. The van der Waals surface area contributed by atoms with Gasteiger partial charge in [0.2, 0.25) is 0 Å². The third-order valence-corrected chi connectivity index (χ3v) is 6.93. The third-order valence-electron chi connectivity index (χ3n) is 6.93. The van der Waals surface area contributed by atoms with Crippen LogP contribution < -0.4 is 37.1 Å². The molecule has 3 aromatic rings. The molecule has 1 saturated heterocycles. The molecule has 13 nitrogen and oxygen atoms in total. The fourth-order valence-corrected chi connectivity index (χ4v) is 5.09. The van der Waals surface area contributed by atoms with E-state index in [1.54, 1.807) is 13.8 Å². The number of halogens is 3. The van der Waals surface area contributed by atoms with Gasteiger partial charge in [0, 0.05) is 24.2 Å². The summed E-state index contributed by atoms with van der Waals surface area (Å²) in [5.41, 5.74) is 9.91. The largest absolute Gasteiger partial charge is 0.573 e. The maximum atomic E-state index is 14.4. The molecule has 1 aliphatic rings. The van der Waals surface area contributed by atoms with Gasteiger partial charge in [-0.15, -0.1) is 13.2 Å². The number of amides is 7. The summed E-state index contributed by atoms with van der Waals surface area (Å²) in [7, 11) is 0. The number of anilines is 3. The normalized spacial score (nSPS) is 18.2. The number of carbonyl (C=O) groups excluding carboxylic acids is 4. The summed E-state index contributed by atoms with van der Waals surface area (Å²) in [6.45, 7) is 3.25. The topological polar surface area (TPSA) is 195 Å². The van der Waals surface area contributed by atoms with Crippen LogP contribution >= 0.6 is 0 Å². The number of hydrogen-bond donors (Lipinski definition) is 5. The number of nitrogens with one attached hydrogen (secondary N) is 3. The van der Waals surface area contributed by atoms with Crippen molar-refractivity contribution in [3.63, 3.8) is 0 Å². The zero-order valence-electron chi connectivity index (χ0n) is 22.1. The summed E-state index contributed by atoms with van der Waals surface area (Å²) >= 11 is 0. The van der Waals surface area contributed by atoms with E-state index in [0.717, 1.165) is 29.2 Å². The molecule has 1 fully saturated rings. The number of benzene rings is 1. The Bertz CT molecular complexity index is 1470. The number of imide groups is 1. The van der Waals surface area contributed by atoms with Gasteiger partial charge < -0.3 is 32.2 Å². The summed E-state index contributed by atoms with van der Waals surface area (Å²) in [4.78, 5) is 60.1. The predicted octanol–water partition coefficient (Wildman–Crippen LogP) is 3.76. The van der Waals surface area contributed by atoms with Gasteiger partial charge in [-0.1, -0.05) is 13.8 Å². The van der Waals surface area contributed by atoms with Gasteiger partial charge in [0.1, 0.15) is 11.3 Å². The van der Waals surface area contributed by atoms with E-state index in [-0.39, 0.29) is 17.1 Å². The van der Waals surface area contributed by atoms with Crippen LogP contribution in [0, 0.1) is 0 Å². The van der Waals surface area contributed by atoms with Crippen molar-refractivity contribution in [1.82, 2.24) is 15.3 Å². The van der Waals surface area contributed by atoms with Crippen molar-refractivity contribution in [2.24, 2.45) is 11.5 Å². The first-order valence-corrected chi connectivity index (χ1v) is 12.3. The second kappa shape index (κ2) is 11.2. The zero-order chi connectivity index (χ0) is 30.8.